The minimum atomic E-state index is -0.434. The van der Waals surface area contributed by atoms with Crippen molar-refractivity contribution < 1.29 is 28.7 Å². The van der Waals surface area contributed by atoms with Crippen LogP contribution in [0.25, 0.3) is 11.3 Å². The molecular formula is C28H36N2O6. The van der Waals surface area contributed by atoms with Gasteiger partial charge in [-0.1, -0.05) is 32.9 Å². The van der Waals surface area contributed by atoms with E-state index in [1.807, 2.05) is 6.92 Å². The van der Waals surface area contributed by atoms with Crippen LogP contribution in [0, 0.1) is 0 Å². The zero-order chi connectivity index (χ0) is 26.3. The molecule has 0 fully saturated rings. The van der Waals surface area contributed by atoms with E-state index in [9.17, 15) is 19.2 Å². The van der Waals surface area contributed by atoms with Crippen molar-refractivity contribution in [3.63, 3.8) is 0 Å². The van der Waals surface area contributed by atoms with Crippen LogP contribution in [0.15, 0.2) is 42.6 Å². The van der Waals surface area contributed by atoms with Crippen LogP contribution < -0.4 is 5.32 Å². The molecule has 1 heterocycles. The van der Waals surface area contributed by atoms with Crippen LogP contribution in [0.1, 0.15) is 73.6 Å². The molecule has 8 heteroatoms. The van der Waals surface area contributed by atoms with Crippen LogP contribution in [0.3, 0.4) is 0 Å². The van der Waals surface area contributed by atoms with Crippen molar-refractivity contribution in [3.8, 4) is 11.3 Å². The number of nitrogens with zero attached hydrogens (tertiary/aromatic N) is 1. The highest BCUT2D eigenvalue weighted by Crippen LogP contribution is 2.18. The van der Waals surface area contributed by atoms with Crippen LogP contribution in [-0.4, -0.2) is 60.7 Å². The number of nitrogens with one attached hydrogen (secondary N) is 1. The van der Waals surface area contributed by atoms with Gasteiger partial charge in [0.2, 0.25) is 0 Å². The number of carbonyl (C=O) groups is 4. The number of amides is 1. The van der Waals surface area contributed by atoms with Gasteiger partial charge >= 0.3 is 0 Å². The zero-order valence-corrected chi connectivity index (χ0v) is 21.4. The van der Waals surface area contributed by atoms with Gasteiger partial charge in [0.1, 0.15) is 11.6 Å². The number of Topliss-reactive ketones (excluding diaryl/α,β-unsaturated/α-hetero) is 3. The Hall–Kier alpha value is -3.23. The fourth-order valence-corrected chi connectivity index (χ4v) is 3.30. The van der Waals surface area contributed by atoms with E-state index in [1.165, 1.54) is 0 Å². The second-order valence-electron chi connectivity index (χ2n) is 8.39. The van der Waals surface area contributed by atoms with Gasteiger partial charge in [-0.25, -0.2) is 0 Å². The number of aromatic nitrogens is 1. The van der Waals surface area contributed by atoms with E-state index >= 15 is 0 Å². The first kappa shape index (κ1) is 29.0. The molecule has 0 saturated carbocycles. The predicted octanol–water partition coefficient (Wildman–Crippen LogP) is 4.21. The maximum Gasteiger partial charge on any atom is 0.251 e. The van der Waals surface area contributed by atoms with Gasteiger partial charge in [-0.3, -0.25) is 24.2 Å². The second kappa shape index (κ2) is 15.7. The highest BCUT2D eigenvalue weighted by atomic mass is 16.5. The van der Waals surface area contributed by atoms with Gasteiger partial charge in [0.25, 0.3) is 5.91 Å². The summed E-state index contributed by atoms with van der Waals surface area (Å²) in [5.74, 6) is -0.0143. The lowest BCUT2D eigenvalue weighted by atomic mass is 10.1. The zero-order valence-electron chi connectivity index (χ0n) is 21.4. The van der Waals surface area contributed by atoms with Crippen LogP contribution >= 0.6 is 0 Å². The SMILES string of the molecule is CCC(=O)CCOCC(COCCC(=O)CC)NC(=O)c1ccc(-c2ccc(C(=O)CC)cn2)cc1. The molecule has 0 aliphatic carbocycles. The first-order chi connectivity index (χ1) is 17.4. The van der Waals surface area contributed by atoms with E-state index in [2.05, 4.69) is 10.3 Å². The predicted molar refractivity (Wildman–Crippen MR) is 137 cm³/mol. The molecule has 0 aliphatic heterocycles. The lowest BCUT2D eigenvalue weighted by Crippen LogP contribution is -2.42. The van der Waals surface area contributed by atoms with Crippen molar-refractivity contribution in [2.45, 2.75) is 58.9 Å². The van der Waals surface area contributed by atoms with E-state index in [1.54, 1.807) is 56.4 Å². The number of hydrogen-bond donors (Lipinski definition) is 1. The summed E-state index contributed by atoms with van der Waals surface area (Å²) in [7, 11) is 0. The molecule has 1 amide bonds. The standard InChI is InChI=1S/C28H36N2O6/c1-4-24(31)13-15-35-18-23(19-36-16-14-25(32)5-2)30-28(34)21-9-7-20(8-10-21)26-12-11-22(17-29-26)27(33)6-3/h7-12,17,23H,4-6,13-16,18-19H2,1-3H3,(H,30,34). The molecule has 8 nitrogen and oxygen atoms in total. The third-order valence-electron chi connectivity index (χ3n) is 5.66. The summed E-state index contributed by atoms with van der Waals surface area (Å²) in [5, 5.41) is 2.91. The minimum absolute atomic E-state index is 0.0394. The molecule has 1 aromatic carbocycles. The Morgan fingerprint density at radius 2 is 1.33 bits per heavy atom. The molecule has 194 valence electrons. The monoisotopic (exact) mass is 496 g/mol. The first-order valence-corrected chi connectivity index (χ1v) is 12.5. The Kier molecular flexibility index (Phi) is 12.6. The number of hydrogen-bond acceptors (Lipinski definition) is 7. The van der Waals surface area contributed by atoms with E-state index in [-0.39, 0.29) is 49.7 Å². The molecule has 0 aliphatic rings. The summed E-state index contributed by atoms with van der Waals surface area (Å²) in [6, 6.07) is 10.1. The third kappa shape index (κ3) is 9.79. The Labute approximate surface area is 212 Å². The molecule has 2 aromatic rings. The maximum absolute atomic E-state index is 12.8. The molecule has 0 bridgehead atoms. The summed E-state index contributed by atoms with van der Waals surface area (Å²) in [5.41, 5.74) is 2.57. The summed E-state index contributed by atoms with van der Waals surface area (Å²) >= 11 is 0. The quantitative estimate of drug-likeness (QED) is 0.258. The van der Waals surface area contributed by atoms with E-state index in [4.69, 9.17) is 9.47 Å². The van der Waals surface area contributed by atoms with Gasteiger partial charge in [0.15, 0.2) is 5.78 Å². The van der Waals surface area contributed by atoms with Gasteiger partial charge in [-0.05, 0) is 24.3 Å². The maximum atomic E-state index is 12.8. The molecule has 1 aromatic heterocycles. The Balaban J connectivity index is 1.97. The molecule has 0 spiro atoms. The van der Waals surface area contributed by atoms with E-state index < -0.39 is 6.04 Å². The summed E-state index contributed by atoms with van der Waals surface area (Å²) in [6.07, 6.45) is 3.57. The number of benzene rings is 1. The molecule has 0 atom stereocenters. The number of ether oxygens (including phenoxy) is 2. The summed E-state index contributed by atoms with van der Waals surface area (Å²) in [6.45, 7) is 6.35. The number of pyridine rings is 1. The van der Waals surface area contributed by atoms with Crippen LogP contribution in [0.2, 0.25) is 0 Å². The number of ketones is 3. The highest BCUT2D eigenvalue weighted by molar-refractivity contribution is 5.96. The van der Waals surface area contributed by atoms with Crippen LogP contribution in [0.4, 0.5) is 0 Å². The van der Waals surface area contributed by atoms with Gasteiger partial charge in [0, 0.05) is 55.0 Å². The Bertz CT molecular complexity index is 978. The fourth-order valence-electron chi connectivity index (χ4n) is 3.30. The smallest absolute Gasteiger partial charge is 0.251 e. The summed E-state index contributed by atoms with van der Waals surface area (Å²) in [4.78, 5) is 52.0. The first-order valence-electron chi connectivity index (χ1n) is 12.5. The van der Waals surface area contributed by atoms with Gasteiger partial charge in [0.05, 0.1) is 38.2 Å². The third-order valence-corrected chi connectivity index (χ3v) is 5.66. The Morgan fingerprint density at radius 1 is 0.778 bits per heavy atom. The van der Waals surface area contributed by atoms with Crippen molar-refractivity contribution in [1.29, 1.82) is 0 Å². The van der Waals surface area contributed by atoms with Gasteiger partial charge in [-0.15, -0.1) is 0 Å². The number of rotatable bonds is 17. The Morgan fingerprint density at radius 3 is 1.81 bits per heavy atom. The lowest BCUT2D eigenvalue weighted by Gasteiger charge is -2.19. The van der Waals surface area contributed by atoms with Crippen molar-refractivity contribution in [3.05, 3.63) is 53.7 Å². The normalized spacial score (nSPS) is 10.9. The van der Waals surface area contributed by atoms with Crippen molar-refractivity contribution in [1.82, 2.24) is 10.3 Å². The largest absolute Gasteiger partial charge is 0.379 e. The highest BCUT2D eigenvalue weighted by Gasteiger charge is 2.16. The molecule has 2 rings (SSSR count). The van der Waals surface area contributed by atoms with E-state index in [0.717, 1.165) is 5.56 Å². The lowest BCUT2D eigenvalue weighted by molar-refractivity contribution is -0.120. The molecular weight excluding hydrogens is 460 g/mol. The molecule has 36 heavy (non-hydrogen) atoms. The average molecular weight is 497 g/mol. The number of carbonyl (C=O) groups excluding carboxylic acids is 4. The molecule has 0 radical (unpaired) electrons. The second-order valence-corrected chi connectivity index (χ2v) is 8.39. The topological polar surface area (TPSA) is 112 Å². The average Bonchev–Trinajstić information content (AvgIpc) is 2.92. The molecule has 0 unspecified atom stereocenters. The van der Waals surface area contributed by atoms with Crippen LogP contribution in [-0.2, 0) is 19.1 Å². The fraction of sp³-hybridized carbons (Fsp3) is 0.464. The van der Waals surface area contributed by atoms with Crippen molar-refractivity contribution >= 4 is 23.3 Å². The summed E-state index contributed by atoms with van der Waals surface area (Å²) < 4.78 is 11.2. The molecule has 1 N–H and O–H groups in total. The van der Waals surface area contributed by atoms with Crippen molar-refractivity contribution in [2.24, 2.45) is 0 Å². The minimum Gasteiger partial charge on any atom is -0.379 e. The van der Waals surface area contributed by atoms with Gasteiger partial charge in [-0.2, -0.15) is 0 Å². The van der Waals surface area contributed by atoms with Crippen molar-refractivity contribution in [2.75, 3.05) is 26.4 Å². The van der Waals surface area contributed by atoms with Gasteiger partial charge < -0.3 is 14.8 Å². The van der Waals surface area contributed by atoms with E-state index in [0.29, 0.717) is 48.9 Å². The van der Waals surface area contributed by atoms with Crippen LogP contribution in [0.5, 0.6) is 0 Å². The molecule has 0 saturated heterocycles.